The van der Waals surface area contributed by atoms with E-state index in [9.17, 15) is 4.79 Å². The average Bonchev–Trinajstić information content (AvgIpc) is 2.54. The van der Waals surface area contributed by atoms with Gasteiger partial charge in [-0.15, -0.1) is 0 Å². The van der Waals surface area contributed by atoms with Crippen LogP contribution in [-0.2, 0) is 0 Å². The highest BCUT2D eigenvalue weighted by Gasteiger charge is 2.24. The number of rotatable bonds is 2. The van der Waals surface area contributed by atoms with Gasteiger partial charge in [-0.25, -0.2) is 0 Å². The van der Waals surface area contributed by atoms with Crippen LogP contribution in [0.1, 0.15) is 23.2 Å². The maximum Gasteiger partial charge on any atom is 0.256 e. The van der Waals surface area contributed by atoms with Crippen molar-refractivity contribution >= 4 is 32.7 Å². The molecule has 104 valence electrons. The predicted molar refractivity (Wildman–Crippen MR) is 84.2 cm³/mol. The minimum Gasteiger partial charge on any atom is -0.339 e. The number of fused-ring (bicyclic) bond motifs is 1. The van der Waals surface area contributed by atoms with Gasteiger partial charge in [0.05, 0.1) is 11.1 Å². The monoisotopic (exact) mass is 332 g/mol. The van der Waals surface area contributed by atoms with Crippen LogP contribution in [0.2, 0.25) is 0 Å². The van der Waals surface area contributed by atoms with Gasteiger partial charge in [0.2, 0.25) is 0 Å². The zero-order valence-electron chi connectivity index (χ0n) is 11.3. The van der Waals surface area contributed by atoms with E-state index in [1.165, 1.54) is 0 Å². The molecule has 1 aromatic carbocycles. The van der Waals surface area contributed by atoms with Crippen molar-refractivity contribution in [3.8, 4) is 0 Å². The number of likely N-dealkylation sites (tertiary alicyclic amines) is 1. The number of alkyl halides is 1. The van der Waals surface area contributed by atoms with Crippen molar-refractivity contribution in [3.63, 3.8) is 0 Å². The fraction of sp³-hybridized carbons (Fsp3) is 0.375. The van der Waals surface area contributed by atoms with Crippen molar-refractivity contribution in [2.75, 3.05) is 18.4 Å². The van der Waals surface area contributed by atoms with E-state index in [-0.39, 0.29) is 5.91 Å². The van der Waals surface area contributed by atoms with Gasteiger partial charge < -0.3 is 4.90 Å². The molecule has 2 aromatic rings. The van der Waals surface area contributed by atoms with Gasteiger partial charge in [0.25, 0.3) is 5.91 Å². The minimum absolute atomic E-state index is 0.113. The van der Waals surface area contributed by atoms with Crippen molar-refractivity contribution in [2.45, 2.75) is 12.8 Å². The zero-order valence-corrected chi connectivity index (χ0v) is 12.8. The predicted octanol–water partition coefficient (Wildman–Crippen LogP) is 3.48. The minimum atomic E-state index is 0.113. The summed E-state index contributed by atoms with van der Waals surface area (Å²) in [5.41, 5.74) is 1.53. The molecule has 1 fully saturated rings. The summed E-state index contributed by atoms with van der Waals surface area (Å²) in [6.07, 6.45) is 3.90. The van der Waals surface area contributed by atoms with E-state index in [4.69, 9.17) is 0 Å². The summed E-state index contributed by atoms with van der Waals surface area (Å²) in [6.45, 7) is 1.69. The molecule has 0 bridgehead atoms. The molecule has 0 N–H and O–H groups in total. The Labute approximate surface area is 127 Å². The lowest BCUT2D eigenvalue weighted by Gasteiger charge is -2.31. The first-order chi connectivity index (χ1) is 9.79. The molecule has 4 heteroatoms. The van der Waals surface area contributed by atoms with E-state index in [0.717, 1.165) is 47.7 Å². The number of hydrogen-bond donors (Lipinski definition) is 0. The number of piperidine rings is 1. The Morgan fingerprint density at radius 2 is 2.00 bits per heavy atom. The van der Waals surface area contributed by atoms with Gasteiger partial charge in [0.15, 0.2) is 0 Å². The number of pyridine rings is 1. The Bertz CT molecular complexity index is 615. The molecule has 0 spiro atoms. The molecule has 0 radical (unpaired) electrons. The molecule has 0 unspecified atom stereocenters. The lowest BCUT2D eigenvalue weighted by Crippen LogP contribution is -2.38. The maximum atomic E-state index is 12.7. The first-order valence-corrected chi connectivity index (χ1v) is 8.10. The van der Waals surface area contributed by atoms with Crippen LogP contribution in [0.25, 0.3) is 10.9 Å². The van der Waals surface area contributed by atoms with Crippen LogP contribution < -0.4 is 0 Å². The molecule has 0 saturated carbocycles. The fourth-order valence-corrected chi connectivity index (χ4v) is 3.38. The van der Waals surface area contributed by atoms with E-state index >= 15 is 0 Å². The number of aromatic nitrogens is 1. The highest BCUT2D eigenvalue weighted by molar-refractivity contribution is 9.09. The summed E-state index contributed by atoms with van der Waals surface area (Å²) in [4.78, 5) is 19.0. The Hall–Kier alpha value is -1.42. The largest absolute Gasteiger partial charge is 0.339 e. The second kappa shape index (κ2) is 5.92. The number of hydrogen-bond acceptors (Lipinski definition) is 2. The smallest absolute Gasteiger partial charge is 0.256 e. The molecule has 3 rings (SSSR count). The molecule has 1 saturated heterocycles. The standard InChI is InChI=1S/C16H17BrN2O/c17-11-12-6-9-19(10-7-12)16(20)14-5-1-3-13-4-2-8-18-15(13)14/h1-5,8,12H,6-7,9-11H2. The number of amides is 1. The highest BCUT2D eigenvalue weighted by atomic mass is 79.9. The van der Waals surface area contributed by atoms with Crippen LogP contribution in [0.5, 0.6) is 0 Å². The van der Waals surface area contributed by atoms with Crippen LogP contribution in [0.15, 0.2) is 36.5 Å². The second-order valence-corrected chi connectivity index (χ2v) is 5.92. The van der Waals surface area contributed by atoms with Gasteiger partial charge in [-0.05, 0) is 30.9 Å². The number of carbonyl (C=O) groups is 1. The van der Waals surface area contributed by atoms with Crippen molar-refractivity contribution in [1.29, 1.82) is 0 Å². The third-order valence-electron chi connectivity index (χ3n) is 3.98. The van der Waals surface area contributed by atoms with Gasteiger partial charge in [0.1, 0.15) is 0 Å². The topological polar surface area (TPSA) is 33.2 Å². The summed E-state index contributed by atoms with van der Waals surface area (Å²) < 4.78 is 0. The van der Waals surface area contributed by atoms with Gasteiger partial charge in [-0.2, -0.15) is 0 Å². The first kappa shape index (κ1) is 13.6. The highest BCUT2D eigenvalue weighted by Crippen LogP contribution is 2.23. The summed E-state index contributed by atoms with van der Waals surface area (Å²) in [6, 6.07) is 9.71. The average molecular weight is 333 g/mol. The van der Waals surface area contributed by atoms with Crippen molar-refractivity contribution in [1.82, 2.24) is 9.88 Å². The van der Waals surface area contributed by atoms with Crippen LogP contribution in [0.4, 0.5) is 0 Å². The summed E-state index contributed by atoms with van der Waals surface area (Å²) in [5.74, 6) is 0.812. The lowest BCUT2D eigenvalue weighted by atomic mass is 9.98. The molecular formula is C16H17BrN2O. The van der Waals surface area contributed by atoms with E-state index in [1.807, 2.05) is 35.2 Å². The first-order valence-electron chi connectivity index (χ1n) is 6.98. The Morgan fingerprint density at radius 3 is 2.75 bits per heavy atom. The van der Waals surface area contributed by atoms with E-state index in [1.54, 1.807) is 6.20 Å². The fourth-order valence-electron chi connectivity index (χ4n) is 2.74. The Kier molecular flexibility index (Phi) is 4.01. The third kappa shape index (κ3) is 2.57. The summed E-state index contributed by atoms with van der Waals surface area (Å²) >= 11 is 3.53. The SMILES string of the molecule is O=C(c1cccc2cccnc12)N1CCC(CBr)CC1. The quantitative estimate of drug-likeness (QED) is 0.789. The number of para-hydroxylation sites is 1. The van der Waals surface area contributed by atoms with Crippen molar-refractivity contribution in [3.05, 3.63) is 42.1 Å². The summed E-state index contributed by atoms with van der Waals surface area (Å²) in [5, 5.41) is 2.05. The van der Waals surface area contributed by atoms with Gasteiger partial charge >= 0.3 is 0 Å². The number of halogens is 1. The molecule has 1 aliphatic rings. The number of benzene rings is 1. The normalized spacial score (nSPS) is 16.6. The van der Waals surface area contributed by atoms with E-state index < -0.39 is 0 Å². The number of nitrogens with zero attached hydrogens (tertiary/aromatic N) is 2. The molecule has 20 heavy (non-hydrogen) atoms. The molecule has 0 atom stereocenters. The third-order valence-corrected chi connectivity index (χ3v) is 4.90. The second-order valence-electron chi connectivity index (χ2n) is 5.27. The zero-order chi connectivity index (χ0) is 13.9. The van der Waals surface area contributed by atoms with Gasteiger partial charge in [-0.3, -0.25) is 9.78 Å². The lowest BCUT2D eigenvalue weighted by molar-refractivity contribution is 0.0701. The molecular weight excluding hydrogens is 316 g/mol. The molecule has 2 heterocycles. The maximum absolute atomic E-state index is 12.7. The van der Waals surface area contributed by atoms with Crippen molar-refractivity contribution in [2.24, 2.45) is 5.92 Å². The summed E-state index contributed by atoms with van der Waals surface area (Å²) in [7, 11) is 0. The van der Waals surface area contributed by atoms with Crippen LogP contribution in [0.3, 0.4) is 0 Å². The van der Waals surface area contributed by atoms with Gasteiger partial charge in [0, 0.05) is 30.0 Å². The van der Waals surface area contributed by atoms with Crippen LogP contribution in [0, 0.1) is 5.92 Å². The van der Waals surface area contributed by atoms with Crippen LogP contribution in [-0.4, -0.2) is 34.2 Å². The Morgan fingerprint density at radius 1 is 1.25 bits per heavy atom. The number of carbonyl (C=O) groups excluding carboxylic acids is 1. The van der Waals surface area contributed by atoms with E-state index in [0.29, 0.717) is 5.92 Å². The Balaban J connectivity index is 1.86. The molecule has 1 amide bonds. The van der Waals surface area contributed by atoms with Crippen molar-refractivity contribution < 1.29 is 4.79 Å². The van der Waals surface area contributed by atoms with Gasteiger partial charge in [-0.1, -0.05) is 34.1 Å². The van der Waals surface area contributed by atoms with Crippen LogP contribution >= 0.6 is 15.9 Å². The molecule has 3 nitrogen and oxygen atoms in total. The van der Waals surface area contributed by atoms with E-state index in [2.05, 4.69) is 20.9 Å². The molecule has 0 aliphatic carbocycles. The molecule has 1 aliphatic heterocycles. The molecule has 1 aromatic heterocycles.